The lowest BCUT2D eigenvalue weighted by Gasteiger charge is -2.08. The Morgan fingerprint density at radius 2 is 2.10 bits per heavy atom. The van der Waals surface area contributed by atoms with Crippen LogP contribution in [0.5, 0.6) is 0 Å². The minimum Gasteiger partial charge on any atom is -0.319 e. The predicted molar refractivity (Wildman–Crippen MR) is 83.0 cm³/mol. The van der Waals surface area contributed by atoms with E-state index in [0.29, 0.717) is 4.47 Å². The normalized spacial score (nSPS) is 10.2. The number of hydrogen-bond donors (Lipinski definition) is 1. The van der Waals surface area contributed by atoms with Crippen LogP contribution in [0.4, 0.5) is 11.4 Å². The maximum atomic E-state index is 12.2. The molecule has 0 aliphatic rings. The molecule has 0 bridgehead atoms. The lowest BCUT2D eigenvalue weighted by atomic mass is 10.1. The van der Waals surface area contributed by atoms with Gasteiger partial charge in [0.05, 0.1) is 15.6 Å². The van der Waals surface area contributed by atoms with Gasteiger partial charge in [0.15, 0.2) is 5.15 Å². The zero-order chi connectivity index (χ0) is 15.6. The van der Waals surface area contributed by atoms with Gasteiger partial charge in [-0.15, -0.1) is 0 Å². The van der Waals surface area contributed by atoms with E-state index in [-0.39, 0.29) is 27.1 Å². The van der Waals surface area contributed by atoms with Crippen molar-refractivity contribution in [1.82, 2.24) is 4.98 Å². The van der Waals surface area contributed by atoms with Gasteiger partial charge in [-0.25, -0.2) is 4.98 Å². The highest BCUT2D eigenvalue weighted by Crippen LogP contribution is 2.29. The van der Waals surface area contributed by atoms with Gasteiger partial charge >= 0.3 is 0 Å². The van der Waals surface area contributed by atoms with E-state index in [4.69, 9.17) is 23.2 Å². The summed E-state index contributed by atoms with van der Waals surface area (Å²) in [5, 5.41) is 13.5. The molecule has 1 aromatic carbocycles. The van der Waals surface area contributed by atoms with Crippen LogP contribution in [0.25, 0.3) is 0 Å². The molecular weight excluding hydrogens is 385 g/mol. The molecule has 108 valence electrons. The second-order valence-electron chi connectivity index (χ2n) is 3.84. The van der Waals surface area contributed by atoms with Gasteiger partial charge in [0.2, 0.25) is 0 Å². The summed E-state index contributed by atoms with van der Waals surface area (Å²) >= 11 is 14.9. The number of rotatable bonds is 3. The van der Waals surface area contributed by atoms with Gasteiger partial charge in [0, 0.05) is 16.7 Å². The molecule has 2 aromatic rings. The summed E-state index contributed by atoms with van der Waals surface area (Å²) < 4.78 is 0.593. The number of anilines is 1. The molecule has 1 N–H and O–H groups in total. The molecule has 0 spiro atoms. The topological polar surface area (TPSA) is 85.1 Å². The number of carbonyl (C=O) groups is 1. The standard InChI is InChI=1S/C12H6BrCl2N3O3/c13-6-4-8(11(15)16-5-6)17-12(19)10-7(14)2-1-3-9(10)18(20)21/h1-5H,(H,17,19). The van der Waals surface area contributed by atoms with Crippen LogP contribution in [0, 0.1) is 10.1 Å². The van der Waals surface area contributed by atoms with E-state index in [2.05, 4.69) is 26.2 Å². The number of nitro groups is 1. The number of carbonyl (C=O) groups excluding carboxylic acids is 1. The molecule has 0 unspecified atom stereocenters. The predicted octanol–water partition coefficient (Wildman–Crippen LogP) is 4.31. The summed E-state index contributed by atoms with van der Waals surface area (Å²) in [5.41, 5.74) is -0.412. The van der Waals surface area contributed by atoms with Crippen molar-refractivity contribution in [3.8, 4) is 0 Å². The van der Waals surface area contributed by atoms with Crippen molar-refractivity contribution >= 4 is 56.4 Å². The Morgan fingerprint density at radius 1 is 1.38 bits per heavy atom. The largest absolute Gasteiger partial charge is 0.319 e. The van der Waals surface area contributed by atoms with Crippen molar-refractivity contribution in [3.63, 3.8) is 0 Å². The monoisotopic (exact) mass is 389 g/mol. The van der Waals surface area contributed by atoms with Crippen molar-refractivity contribution in [2.45, 2.75) is 0 Å². The Balaban J connectivity index is 2.42. The van der Waals surface area contributed by atoms with E-state index in [1.165, 1.54) is 30.5 Å². The fraction of sp³-hybridized carbons (Fsp3) is 0. The van der Waals surface area contributed by atoms with Crippen LogP contribution in [0.15, 0.2) is 34.9 Å². The highest BCUT2D eigenvalue weighted by Gasteiger charge is 2.24. The molecule has 9 heteroatoms. The summed E-state index contributed by atoms with van der Waals surface area (Å²) in [7, 11) is 0. The van der Waals surface area contributed by atoms with Crippen molar-refractivity contribution < 1.29 is 9.72 Å². The van der Waals surface area contributed by atoms with Gasteiger partial charge in [-0.2, -0.15) is 0 Å². The summed E-state index contributed by atoms with van der Waals surface area (Å²) in [6.07, 6.45) is 1.45. The zero-order valence-electron chi connectivity index (χ0n) is 10.1. The summed E-state index contributed by atoms with van der Waals surface area (Å²) in [5.74, 6) is -0.742. The zero-order valence-corrected chi connectivity index (χ0v) is 13.2. The number of benzene rings is 1. The molecule has 1 aromatic heterocycles. The first kappa shape index (κ1) is 15.7. The van der Waals surface area contributed by atoms with Gasteiger partial charge in [-0.1, -0.05) is 29.3 Å². The Hall–Kier alpha value is -1.70. The molecule has 6 nitrogen and oxygen atoms in total. The third-order valence-corrected chi connectivity index (χ3v) is 3.52. The average Bonchev–Trinajstić information content (AvgIpc) is 2.42. The minimum atomic E-state index is -0.742. The number of hydrogen-bond acceptors (Lipinski definition) is 4. The van der Waals surface area contributed by atoms with Gasteiger partial charge in [-0.05, 0) is 28.1 Å². The van der Waals surface area contributed by atoms with Crippen molar-refractivity contribution in [3.05, 3.63) is 60.8 Å². The number of nitrogens with one attached hydrogen (secondary N) is 1. The smallest absolute Gasteiger partial charge is 0.283 e. The number of amides is 1. The SMILES string of the molecule is O=C(Nc1cc(Br)cnc1Cl)c1c(Cl)cccc1[N+](=O)[O-]. The fourth-order valence-electron chi connectivity index (χ4n) is 1.58. The van der Waals surface area contributed by atoms with Crippen molar-refractivity contribution in [2.24, 2.45) is 0 Å². The summed E-state index contributed by atoms with van der Waals surface area (Å²) in [6, 6.07) is 5.51. The van der Waals surface area contributed by atoms with Gasteiger partial charge < -0.3 is 5.32 Å². The molecule has 2 rings (SSSR count). The number of aromatic nitrogens is 1. The lowest BCUT2D eigenvalue weighted by molar-refractivity contribution is -0.385. The van der Waals surface area contributed by atoms with E-state index >= 15 is 0 Å². The van der Waals surface area contributed by atoms with Crippen molar-refractivity contribution in [2.75, 3.05) is 5.32 Å². The second kappa shape index (κ2) is 6.38. The maximum absolute atomic E-state index is 12.2. The van der Waals surface area contributed by atoms with Gasteiger partial charge in [-0.3, -0.25) is 14.9 Å². The first-order chi connectivity index (χ1) is 9.90. The molecule has 0 aliphatic heterocycles. The minimum absolute atomic E-state index is 0.0271. The van der Waals surface area contributed by atoms with Gasteiger partial charge in [0.25, 0.3) is 11.6 Å². The Kier molecular flexibility index (Phi) is 4.76. The van der Waals surface area contributed by atoms with Crippen molar-refractivity contribution in [1.29, 1.82) is 0 Å². The Morgan fingerprint density at radius 3 is 2.76 bits per heavy atom. The summed E-state index contributed by atoms with van der Waals surface area (Å²) in [6.45, 7) is 0. The second-order valence-corrected chi connectivity index (χ2v) is 5.52. The van der Waals surface area contributed by atoms with Crippen LogP contribution >= 0.6 is 39.1 Å². The van der Waals surface area contributed by atoms with E-state index in [0.717, 1.165) is 0 Å². The Bertz CT molecular complexity index is 740. The van der Waals surface area contributed by atoms with E-state index in [1.54, 1.807) is 0 Å². The molecule has 0 saturated heterocycles. The molecule has 1 amide bonds. The van der Waals surface area contributed by atoms with Crippen LogP contribution in [0.1, 0.15) is 10.4 Å². The number of halogens is 3. The van der Waals surface area contributed by atoms with Crippen LogP contribution < -0.4 is 5.32 Å². The highest BCUT2D eigenvalue weighted by atomic mass is 79.9. The highest BCUT2D eigenvalue weighted by molar-refractivity contribution is 9.10. The molecular formula is C12H6BrCl2N3O3. The average molecular weight is 391 g/mol. The molecule has 21 heavy (non-hydrogen) atoms. The van der Waals surface area contributed by atoms with Crippen LogP contribution in [-0.2, 0) is 0 Å². The molecule has 1 heterocycles. The Labute approximate surface area is 137 Å². The molecule has 0 aliphatic carbocycles. The van der Waals surface area contributed by atoms with Crippen LogP contribution in [0.2, 0.25) is 10.2 Å². The van der Waals surface area contributed by atoms with E-state index < -0.39 is 10.8 Å². The first-order valence-electron chi connectivity index (χ1n) is 5.45. The molecule has 0 saturated carbocycles. The molecule has 0 fully saturated rings. The lowest BCUT2D eigenvalue weighted by Crippen LogP contribution is -2.15. The van der Waals surface area contributed by atoms with E-state index in [9.17, 15) is 14.9 Å². The maximum Gasteiger partial charge on any atom is 0.283 e. The number of nitrogens with zero attached hydrogens (tertiary/aromatic N) is 2. The number of pyridine rings is 1. The van der Waals surface area contributed by atoms with Crippen LogP contribution in [0.3, 0.4) is 0 Å². The quantitative estimate of drug-likeness (QED) is 0.480. The first-order valence-corrected chi connectivity index (χ1v) is 7.00. The molecule has 0 atom stereocenters. The van der Waals surface area contributed by atoms with Gasteiger partial charge in [0.1, 0.15) is 5.56 Å². The third-order valence-electron chi connectivity index (χ3n) is 2.47. The van der Waals surface area contributed by atoms with E-state index in [1.807, 2.05) is 0 Å². The summed E-state index contributed by atoms with van der Waals surface area (Å²) in [4.78, 5) is 26.4. The number of nitro benzene ring substituents is 1. The third kappa shape index (κ3) is 3.49. The molecule has 0 radical (unpaired) electrons. The fourth-order valence-corrected chi connectivity index (χ4v) is 2.32. The van der Waals surface area contributed by atoms with Crippen LogP contribution in [-0.4, -0.2) is 15.8 Å².